The number of anilines is 2. The van der Waals surface area contributed by atoms with Crippen molar-refractivity contribution in [3.8, 4) is 11.5 Å². The molecule has 31 heavy (non-hydrogen) atoms. The van der Waals surface area contributed by atoms with E-state index in [0.29, 0.717) is 18.0 Å². The van der Waals surface area contributed by atoms with Gasteiger partial charge in [0.05, 0.1) is 31.6 Å². The minimum Gasteiger partial charge on any atom is -0.497 e. The Labute approximate surface area is 184 Å². The zero-order chi connectivity index (χ0) is 21.8. The highest BCUT2D eigenvalue weighted by Crippen LogP contribution is 2.33. The fourth-order valence-electron chi connectivity index (χ4n) is 3.63. The van der Waals surface area contributed by atoms with Crippen LogP contribution in [-0.4, -0.2) is 50.0 Å². The van der Waals surface area contributed by atoms with Crippen molar-refractivity contribution in [2.45, 2.75) is 11.7 Å². The maximum absolute atomic E-state index is 12.6. The molecular formula is C21H25N5O4S. The highest BCUT2D eigenvalue weighted by molar-refractivity contribution is 8.00. The van der Waals surface area contributed by atoms with Crippen molar-refractivity contribution in [1.82, 2.24) is 16.1 Å². The first-order valence-electron chi connectivity index (χ1n) is 9.86. The molecule has 0 radical (unpaired) electrons. The number of nitrogens with zero attached hydrogens (tertiary/aromatic N) is 1. The maximum Gasteiger partial charge on any atom is 0.234 e. The van der Waals surface area contributed by atoms with E-state index in [-0.39, 0.29) is 29.7 Å². The summed E-state index contributed by atoms with van der Waals surface area (Å²) < 4.78 is 10.6. The van der Waals surface area contributed by atoms with Crippen molar-refractivity contribution in [2.75, 3.05) is 36.8 Å². The standard InChI is InChI=1S/C21H25N5O4S/c1-29-14-9-7-13(8-10-14)23-18(27)12-31-21-24-19-15(20(28)25-21)11-22-26(19)16-5-3-4-6-17(16)30-2/h3-10,15,19,21-22,24H,11-12H2,1-2H3,(H,23,27)(H,25,28). The van der Waals surface area contributed by atoms with E-state index in [1.807, 2.05) is 29.3 Å². The predicted octanol–water partition coefficient (Wildman–Crippen LogP) is 1.35. The monoisotopic (exact) mass is 443 g/mol. The molecule has 2 aliphatic rings. The number of carbonyl (C=O) groups excluding carboxylic acids is 2. The summed E-state index contributed by atoms with van der Waals surface area (Å²) in [6.07, 6.45) is -0.257. The molecule has 9 nitrogen and oxygen atoms in total. The first kappa shape index (κ1) is 21.3. The number of para-hydroxylation sites is 2. The molecule has 0 aromatic heterocycles. The number of thioether (sulfide) groups is 1. The zero-order valence-corrected chi connectivity index (χ0v) is 18.1. The maximum atomic E-state index is 12.6. The van der Waals surface area contributed by atoms with Gasteiger partial charge in [-0.1, -0.05) is 12.1 Å². The lowest BCUT2D eigenvalue weighted by molar-refractivity contribution is -0.127. The molecule has 2 heterocycles. The zero-order valence-electron chi connectivity index (χ0n) is 17.3. The Morgan fingerprint density at radius 1 is 1.16 bits per heavy atom. The van der Waals surface area contributed by atoms with Gasteiger partial charge in [-0.2, -0.15) is 0 Å². The third-order valence-corrected chi connectivity index (χ3v) is 6.19. The summed E-state index contributed by atoms with van der Waals surface area (Å²) in [7, 11) is 3.21. The van der Waals surface area contributed by atoms with Crippen LogP contribution in [0.2, 0.25) is 0 Å². The number of ether oxygens (including phenoxy) is 2. The summed E-state index contributed by atoms with van der Waals surface area (Å²) in [5.74, 6) is 1.16. The SMILES string of the molecule is COc1ccc(NC(=O)CSC2NC(=O)C3CNN(c4ccccc4OC)C3N2)cc1. The third kappa shape index (κ3) is 4.71. The van der Waals surface area contributed by atoms with E-state index in [2.05, 4.69) is 21.4 Å². The average molecular weight is 444 g/mol. The van der Waals surface area contributed by atoms with Crippen LogP contribution < -0.4 is 35.9 Å². The first-order chi connectivity index (χ1) is 15.1. The molecule has 3 unspecified atom stereocenters. The number of methoxy groups -OCH3 is 2. The molecule has 4 rings (SSSR count). The Morgan fingerprint density at radius 3 is 2.68 bits per heavy atom. The lowest BCUT2D eigenvalue weighted by Gasteiger charge is -2.37. The summed E-state index contributed by atoms with van der Waals surface area (Å²) in [6.45, 7) is 0.511. The number of fused-ring (bicyclic) bond motifs is 1. The van der Waals surface area contributed by atoms with Gasteiger partial charge in [0.1, 0.15) is 23.2 Å². The number of hydrogen-bond donors (Lipinski definition) is 4. The topological polar surface area (TPSA) is 104 Å². The van der Waals surface area contributed by atoms with Gasteiger partial charge in [-0.3, -0.25) is 19.9 Å². The largest absolute Gasteiger partial charge is 0.497 e. The van der Waals surface area contributed by atoms with Crippen molar-refractivity contribution >= 4 is 35.0 Å². The Morgan fingerprint density at radius 2 is 1.94 bits per heavy atom. The van der Waals surface area contributed by atoms with Crippen molar-refractivity contribution in [3.05, 3.63) is 48.5 Å². The number of amides is 2. The molecule has 0 bridgehead atoms. The molecule has 0 aliphatic carbocycles. The van der Waals surface area contributed by atoms with Gasteiger partial charge in [0, 0.05) is 12.2 Å². The van der Waals surface area contributed by atoms with Crippen LogP contribution in [0.25, 0.3) is 0 Å². The van der Waals surface area contributed by atoms with E-state index in [1.54, 1.807) is 38.5 Å². The average Bonchev–Trinajstić information content (AvgIpc) is 3.22. The number of hydrogen-bond acceptors (Lipinski definition) is 8. The van der Waals surface area contributed by atoms with Gasteiger partial charge in [0.25, 0.3) is 0 Å². The molecule has 3 atom stereocenters. The fraction of sp³-hybridized carbons (Fsp3) is 0.333. The van der Waals surface area contributed by atoms with Crippen LogP contribution in [0, 0.1) is 5.92 Å². The van der Waals surface area contributed by atoms with Crippen LogP contribution in [0.5, 0.6) is 11.5 Å². The van der Waals surface area contributed by atoms with Crippen molar-refractivity contribution < 1.29 is 19.1 Å². The highest BCUT2D eigenvalue weighted by atomic mass is 32.2. The molecule has 2 amide bonds. The van der Waals surface area contributed by atoms with Crippen LogP contribution in [0.15, 0.2) is 48.5 Å². The van der Waals surface area contributed by atoms with Crippen molar-refractivity contribution in [3.63, 3.8) is 0 Å². The Hall–Kier alpha value is -2.95. The van der Waals surface area contributed by atoms with E-state index in [4.69, 9.17) is 9.47 Å². The van der Waals surface area contributed by atoms with Crippen LogP contribution in [0.4, 0.5) is 11.4 Å². The molecule has 0 spiro atoms. The minimum absolute atomic E-state index is 0.0540. The van der Waals surface area contributed by atoms with E-state index in [9.17, 15) is 9.59 Å². The molecule has 2 fully saturated rings. The van der Waals surface area contributed by atoms with Gasteiger partial charge in [0.2, 0.25) is 11.8 Å². The molecule has 164 valence electrons. The highest BCUT2D eigenvalue weighted by Gasteiger charge is 2.44. The van der Waals surface area contributed by atoms with Crippen molar-refractivity contribution in [2.24, 2.45) is 5.92 Å². The van der Waals surface area contributed by atoms with E-state index in [0.717, 1.165) is 11.4 Å². The third-order valence-electron chi connectivity index (χ3n) is 5.17. The summed E-state index contributed by atoms with van der Waals surface area (Å²) in [5.41, 5.74) is 4.42. The predicted molar refractivity (Wildman–Crippen MR) is 120 cm³/mol. The number of nitrogens with one attached hydrogen (secondary N) is 4. The smallest absolute Gasteiger partial charge is 0.234 e. The second-order valence-corrected chi connectivity index (χ2v) is 8.19. The van der Waals surface area contributed by atoms with Gasteiger partial charge in [-0.25, -0.2) is 5.43 Å². The fourth-order valence-corrected chi connectivity index (χ4v) is 4.46. The number of rotatable bonds is 7. The molecule has 10 heteroatoms. The van der Waals surface area contributed by atoms with Crippen LogP contribution >= 0.6 is 11.8 Å². The van der Waals surface area contributed by atoms with Crippen LogP contribution in [-0.2, 0) is 9.59 Å². The van der Waals surface area contributed by atoms with Gasteiger partial charge < -0.3 is 20.1 Å². The Kier molecular flexibility index (Phi) is 6.50. The quantitative estimate of drug-likeness (QED) is 0.509. The second-order valence-electron chi connectivity index (χ2n) is 7.10. The van der Waals surface area contributed by atoms with Gasteiger partial charge >= 0.3 is 0 Å². The summed E-state index contributed by atoms with van der Waals surface area (Å²) >= 11 is 1.33. The van der Waals surface area contributed by atoms with Crippen molar-refractivity contribution in [1.29, 1.82) is 0 Å². The summed E-state index contributed by atoms with van der Waals surface area (Å²) in [4.78, 5) is 25.0. The van der Waals surface area contributed by atoms with Gasteiger partial charge in [-0.15, -0.1) is 11.8 Å². The number of carbonyl (C=O) groups is 2. The van der Waals surface area contributed by atoms with Crippen LogP contribution in [0.3, 0.4) is 0 Å². The van der Waals surface area contributed by atoms with E-state index in [1.165, 1.54) is 11.8 Å². The van der Waals surface area contributed by atoms with Gasteiger partial charge in [-0.05, 0) is 36.4 Å². The minimum atomic E-state index is -0.396. The first-order valence-corrected chi connectivity index (χ1v) is 10.9. The number of benzene rings is 2. The molecule has 2 saturated heterocycles. The molecule has 2 aromatic rings. The summed E-state index contributed by atoms with van der Waals surface area (Å²) in [5, 5.41) is 11.1. The lowest BCUT2D eigenvalue weighted by Crippen LogP contribution is -2.63. The summed E-state index contributed by atoms with van der Waals surface area (Å²) in [6, 6.07) is 14.8. The molecule has 2 aromatic carbocycles. The van der Waals surface area contributed by atoms with E-state index < -0.39 is 5.50 Å². The van der Waals surface area contributed by atoms with Crippen LogP contribution in [0.1, 0.15) is 0 Å². The normalized spacial score (nSPS) is 22.5. The lowest BCUT2D eigenvalue weighted by atomic mass is 10.0. The second kappa shape index (κ2) is 9.46. The Bertz CT molecular complexity index is 942. The molecule has 2 aliphatic heterocycles. The molecular weight excluding hydrogens is 418 g/mol. The van der Waals surface area contributed by atoms with E-state index >= 15 is 0 Å². The van der Waals surface area contributed by atoms with Gasteiger partial charge in [0.15, 0.2) is 0 Å². The Balaban J connectivity index is 1.37. The molecule has 4 N–H and O–H groups in total. The number of hydrazine groups is 1. The molecule has 0 saturated carbocycles.